The van der Waals surface area contributed by atoms with Gasteiger partial charge in [0.25, 0.3) is 11.7 Å². The first kappa shape index (κ1) is 23.6. The van der Waals surface area contributed by atoms with Crippen LogP contribution in [0, 0.1) is 0 Å². The molecule has 1 N–H and O–H groups in total. The summed E-state index contributed by atoms with van der Waals surface area (Å²) in [6, 6.07) is 21.6. The molecule has 0 radical (unpaired) electrons. The highest BCUT2D eigenvalue weighted by Crippen LogP contribution is 2.41. The zero-order chi connectivity index (χ0) is 25.1. The molecule has 36 heavy (non-hydrogen) atoms. The summed E-state index contributed by atoms with van der Waals surface area (Å²) in [7, 11) is 1.54. The number of benzene rings is 3. The van der Waals surface area contributed by atoms with Crippen LogP contribution in [0.4, 0.5) is 0 Å². The highest BCUT2D eigenvalue weighted by atomic mass is 16.5. The molecule has 1 saturated heterocycles. The number of hydrogen-bond acceptors (Lipinski definition) is 6. The molecule has 2 aliphatic heterocycles. The average molecular weight is 486 g/mol. The second-order valence-electron chi connectivity index (χ2n) is 8.75. The van der Waals surface area contributed by atoms with Gasteiger partial charge < -0.3 is 24.2 Å². The SMILES string of the molecule is COCCN1C(=O)C(=O)/C(=C(\O)c2ccc3c(c2)CCO3)C1c1cccc(OCc2ccccc2)c1. The monoisotopic (exact) mass is 485 g/mol. The standard InChI is InChI=1S/C29H27NO6/c1-34-15-13-30-26(21-8-5-9-23(17-21)36-18-19-6-3-2-4-7-19)25(28(32)29(30)33)27(31)22-10-11-24-20(16-22)12-14-35-24/h2-11,16-17,26,31H,12-15,18H2,1H3/b27-25-. The number of ether oxygens (including phenoxy) is 3. The van der Waals surface area contributed by atoms with Crippen LogP contribution in [0.2, 0.25) is 0 Å². The number of carbonyl (C=O) groups excluding carboxylic acids is 2. The highest BCUT2D eigenvalue weighted by molar-refractivity contribution is 6.46. The van der Waals surface area contributed by atoms with Crippen molar-refractivity contribution in [3.05, 3.63) is 101 Å². The van der Waals surface area contributed by atoms with E-state index in [4.69, 9.17) is 14.2 Å². The number of aliphatic hydroxyl groups excluding tert-OH is 1. The third-order valence-corrected chi connectivity index (χ3v) is 6.46. The van der Waals surface area contributed by atoms with E-state index >= 15 is 0 Å². The molecule has 2 heterocycles. The third kappa shape index (κ3) is 4.57. The van der Waals surface area contributed by atoms with Crippen LogP contribution in [-0.2, 0) is 27.4 Å². The Morgan fingerprint density at radius 3 is 2.69 bits per heavy atom. The maximum Gasteiger partial charge on any atom is 0.295 e. The van der Waals surface area contributed by atoms with Crippen molar-refractivity contribution < 1.29 is 28.9 Å². The van der Waals surface area contributed by atoms with E-state index < -0.39 is 17.7 Å². The molecule has 0 spiro atoms. The summed E-state index contributed by atoms with van der Waals surface area (Å²) in [5.74, 6) is -0.224. The lowest BCUT2D eigenvalue weighted by atomic mass is 9.94. The molecule has 3 aromatic carbocycles. The molecule has 1 atom stereocenters. The van der Waals surface area contributed by atoms with Gasteiger partial charge in [0.15, 0.2) is 0 Å². The number of aliphatic hydroxyl groups is 1. The van der Waals surface area contributed by atoms with Crippen LogP contribution >= 0.6 is 0 Å². The van der Waals surface area contributed by atoms with Gasteiger partial charge in [-0.1, -0.05) is 42.5 Å². The fourth-order valence-corrected chi connectivity index (χ4v) is 4.65. The van der Waals surface area contributed by atoms with Crippen LogP contribution in [0.3, 0.4) is 0 Å². The Bertz CT molecular complexity index is 1320. The van der Waals surface area contributed by atoms with Crippen LogP contribution in [0.25, 0.3) is 5.76 Å². The van der Waals surface area contributed by atoms with Gasteiger partial charge in [-0.2, -0.15) is 0 Å². The molecule has 1 fully saturated rings. The molecule has 7 nitrogen and oxygen atoms in total. The van der Waals surface area contributed by atoms with Crippen LogP contribution in [0.5, 0.6) is 11.5 Å². The Labute approximate surface area is 209 Å². The molecular weight excluding hydrogens is 458 g/mol. The van der Waals surface area contributed by atoms with Gasteiger partial charge in [0, 0.05) is 25.6 Å². The molecule has 0 bridgehead atoms. The summed E-state index contributed by atoms with van der Waals surface area (Å²) in [5.41, 5.74) is 3.18. The Balaban J connectivity index is 1.53. The predicted octanol–water partition coefficient (Wildman–Crippen LogP) is 4.27. The van der Waals surface area contributed by atoms with Gasteiger partial charge in [-0.05, 0) is 47.0 Å². The molecule has 5 rings (SSSR count). The quantitative estimate of drug-likeness (QED) is 0.291. The number of amides is 1. The molecule has 0 saturated carbocycles. The number of nitrogens with zero attached hydrogens (tertiary/aromatic N) is 1. The van der Waals surface area contributed by atoms with E-state index in [-0.39, 0.29) is 24.5 Å². The lowest BCUT2D eigenvalue weighted by Crippen LogP contribution is -2.32. The normalized spacial score (nSPS) is 18.2. The number of methoxy groups -OCH3 is 1. The maximum atomic E-state index is 13.2. The van der Waals surface area contributed by atoms with Gasteiger partial charge in [0.1, 0.15) is 23.9 Å². The molecule has 2 aliphatic rings. The fourth-order valence-electron chi connectivity index (χ4n) is 4.65. The van der Waals surface area contributed by atoms with E-state index in [9.17, 15) is 14.7 Å². The Hall–Kier alpha value is -4.10. The van der Waals surface area contributed by atoms with Crippen molar-refractivity contribution in [2.45, 2.75) is 19.1 Å². The second kappa shape index (κ2) is 10.3. The number of fused-ring (bicyclic) bond motifs is 1. The van der Waals surface area contributed by atoms with E-state index in [1.807, 2.05) is 60.7 Å². The van der Waals surface area contributed by atoms with Crippen molar-refractivity contribution in [3.8, 4) is 11.5 Å². The first-order valence-electron chi connectivity index (χ1n) is 11.9. The van der Waals surface area contributed by atoms with E-state index in [0.717, 1.165) is 23.3 Å². The number of ketones is 1. The lowest BCUT2D eigenvalue weighted by Gasteiger charge is -2.25. The molecule has 184 valence electrons. The van der Waals surface area contributed by atoms with Crippen molar-refractivity contribution in [1.29, 1.82) is 0 Å². The minimum absolute atomic E-state index is 0.0511. The highest BCUT2D eigenvalue weighted by Gasteiger charge is 2.46. The molecule has 3 aromatic rings. The summed E-state index contributed by atoms with van der Waals surface area (Å²) in [6.07, 6.45) is 0.725. The lowest BCUT2D eigenvalue weighted by molar-refractivity contribution is -0.140. The van der Waals surface area contributed by atoms with Gasteiger partial charge in [0.05, 0.1) is 24.8 Å². The van der Waals surface area contributed by atoms with Crippen LogP contribution in [-0.4, -0.2) is 48.6 Å². The molecule has 0 aliphatic carbocycles. The first-order valence-corrected chi connectivity index (χ1v) is 11.9. The number of Topliss-reactive ketones (excluding diaryl/α,β-unsaturated/α-hetero) is 1. The van der Waals surface area contributed by atoms with E-state index in [0.29, 0.717) is 30.1 Å². The van der Waals surface area contributed by atoms with Gasteiger partial charge in [-0.15, -0.1) is 0 Å². The first-order chi connectivity index (χ1) is 17.6. The van der Waals surface area contributed by atoms with Crippen molar-refractivity contribution in [3.63, 3.8) is 0 Å². The largest absolute Gasteiger partial charge is 0.507 e. The molecule has 1 unspecified atom stereocenters. The fraction of sp³-hybridized carbons (Fsp3) is 0.241. The summed E-state index contributed by atoms with van der Waals surface area (Å²) in [5, 5.41) is 11.3. The van der Waals surface area contributed by atoms with Gasteiger partial charge in [0.2, 0.25) is 0 Å². The molecule has 1 amide bonds. The molecular formula is C29H27NO6. The van der Waals surface area contributed by atoms with Crippen molar-refractivity contribution in [2.75, 3.05) is 26.9 Å². The molecule has 7 heteroatoms. The summed E-state index contributed by atoms with van der Waals surface area (Å²) in [4.78, 5) is 27.7. The smallest absolute Gasteiger partial charge is 0.295 e. The van der Waals surface area contributed by atoms with Crippen molar-refractivity contribution in [2.24, 2.45) is 0 Å². The van der Waals surface area contributed by atoms with E-state index in [1.165, 1.54) is 12.0 Å². The third-order valence-electron chi connectivity index (χ3n) is 6.46. The van der Waals surface area contributed by atoms with Crippen LogP contribution in [0.1, 0.15) is 28.3 Å². The second-order valence-corrected chi connectivity index (χ2v) is 8.75. The Morgan fingerprint density at radius 2 is 1.89 bits per heavy atom. The predicted molar refractivity (Wildman–Crippen MR) is 134 cm³/mol. The zero-order valence-corrected chi connectivity index (χ0v) is 20.0. The van der Waals surface area contributed by atoms with E-state index in [2.05, 4.69) is 0 Å². The minimum atomic E-state index is -0.773. The maximum absolute atomic E-state index is 13.2. The number of likely N-dealkylation sites (tertiary alicyclic amines) is 1. The van der Waals surface area contributed by atoms with Gasteiger partial charge in [-0.3, -0.25) is 9.59 Å². The number of carbonyl (C=O) groups is 2. The number of hydrogen-bond donors (Lipinski definition) is 1. The topological polar surface area (TPSA) is 85.3 Å². The van der Waals surface area contributed by atoms with Gasteiger partial charge in [-0.25, -0.2) is 0 Å². The van der Waals surface area contributed by atoms with E-state index in [1.54, 1.807) is 12.1 Å². The minimum Gasteiger partial charge on any atom is -0.507 e. The van der Waals surface area contributed by atoms with Crippen LogP contribution in [0.15, 0.2) is 78.4 Å². The Morgan fingerprint density at radius 1 is 1.06 bits per heavy atom. The summed E-state index contributed by atoms with van der Waals surface area (Å²) in [6.45, 7) is 1.42. The molecule has 0 aromatic heterocycles. The van der Waals surface area contributed by atoms with Gasteiger partial charge >= 0.3 is 0 Å². The Kier molecular flexibility index (Phi) is 6.73. The van der Waals surface area contributed by atoms with Crippen molar-refractivity contribution >= 4 is 17.4 Å². The summed E-state index contributed by atoms with van der Waals surface area (Å²) >= 11 is 0. The summed E-state index contributed by atoms with van der Waals surface area (Å²) < 4.78 is 16.7. The zero-order valence-electron chi connectivity index (χ0n) is 20.0. The van der Waals surface area contributed by atoms with Crippen molar-refractivity contribution in [1.82, 2.24) is 4.90 Å². The van der Waals surface area contributed by atoms with Crippen LogP contribution < -0.4 is 9.47 Å². The number of rotatable bonds is 8. The average Bonchev–Trinajstić information content (AvgIpc) is 3.48.